The van der Waals surface area contributed by atoms with Crippen molar-refractivity contribution in [1.82, 2.24) is 0 Å². The van der Waals surface area contributed by atoms with Gasteiger partial charge in [-0.3, -0.25) is 0 Å². The van der Waals surface area contributed by atoms with E-state index in [2.05, 4.69) is 0 Å². The van der Waals surface area contributed by atoms with Crippen molar-refractivity contribution >= 4 is 5.97 Å². The molecule has 0 aromatic heterocycles. The summed E-state index contributed by atoms with van der Waals surface area (Å²) in [6.45, 7) is 1.93. The number of esters is 1. The van der Waals surface area contributed by atoms with E-state index < -0.39 is 5.60 Å². The van der Waals surface area contributed by atoms with E-state index in [1.165, 1.54) is 6.08 Å². The summed E-state index contributed by atoms with van der Waals surface area (Å²) in [5.74, 6) is -0.261. The third-order valence-electron chi connectivity index (χ3n) is 2.47. The van der Waals surface area contributed by atoms with E-state index in [1.807, 2.05) is 43.3 Å². The zero-order chi connectivity index (χ0) is 10.0. The molecular formula is C12H12O2. The molecule has 0 bridgehead atoms. The number of cyclic esters (lactones) is 1. The molecule has 0 radical (unpaired) electrons. The molecule has 0 fully saturated rings. The van der Waals surface area contributed by atoms with Crippen molar-refractivity contribution in [1.29, 1.82) is 0 Å². The van der Waals surface area contributed by atoms with Crippen LogP contribution in [0.4, 0.5) is 0 Å². The third kappa shape index (κ3) is 1.55. The first-order valence-electron chi connectivity index (χ1n) is 4.66. The smallest absolute Gasteiger partial charge is 0.331 e. The van der Waals surface area contributed by atoms with Crippen molar-refractivity contribution in [2.24, 2.45) is 0 Å². The fraction of sp³-hybridized carbons (Fsp3) is 0.250. The van der Waals surface area contributed by atoms with Gasteiger partial charge in [0.25, 0.3) is 0 Å². The molecule has 0 spiro atoms. The standard InChI is InChI=1S/C12H12O2/c1-12(9-5-8-11(13)14-12)10-6-3-2-4-7-10/h2-8H,9H2,1H3/t12-/m0/s1. The summed E-state index contributed by atoms with van der Waals surface area (Å²) in [7, 11) is 0. The van der Waals surface area contributed by atoms with Gasteiger partial charge >= 0.3 is 5.97 Å². The monoisotopic (exact) mass is 188 g/mol. The lowest BCUT2D eigenvalue weighted by molar-refractivity contribution is -0.154. The van der Waals surface area contributed by atoms with Gasteiger partial charge < -0.3 is 4.74 Å². The topological polar surface area (TPSA) is 26.3 Å². The number of hydrogen-bond donors (Lipinski definition) is 0. The number of carbonyl (C=O) groups excluding carboxylic acids is 1. The second-order valence-electron chi connectivity index (χ2n) is 3.62. The Balaban J connectivity index is 2.34. The van der Waals surface area contributed by atoms with E-state index in [4.69, 9.17) is 4.74 Å². The molecule has 1 aromatic rings. The quantitative estimate of drug-likeness (QED) is 0.632. The molecule has 2 nitrogen and oxygen atoms in total. The van der Waals surface area contributed by atoms with E-state index in [0.717, 1.165) is 12.0 Å². The van der Waals surface area contributed by atoms with Gasteiger partial charge in [-0.25, -0.2) is 4.79 Å². The van der Waals surface area contributed by atoms with Crippen molar-refractivity contribution in [2.75, 3.05) is 0 Å². The van der Waals surface area contributed by atoms with E-state index in [-0.39, 0.29) is 5.97 Å². The van der Waals surface area contributed by atoms with Crippen molar-refractivity contribution in [3.8, 4) is 0 Å². The zero-order valence-corrected chi connectivity index (χ0v) is 8.07. The van der Waals surface area contributed by atoms with Crippen molar-refractivity contribution in [3.05, 3.63) is 48.0 Å². The minimum atomic E-state index is -0.493. The van der Waals surface area contributed by atoms with Gasteiger partial charge in [0.15, 0.2) is 0 Å². The molecule has 0 aliphatic carbocycles. The van der Waals surface area contributed by atoms with Crippen LogP contribution in [0.1, 0.15) is 18.9 Å². The molecule has 1 aliphatic heterocycles. The minimum absolute atomic E-state index is 0.261. The summed E-state index contributed by atoms with van der Waals surface area (Å²) in [6.07, 6.45) is 4.08. The first-order valence-corrected chi connectivity index (χ1v) is 4.66. The van der Waals surface area contributed by atoms with E-state index in [9.17, 15) is 4.79 Å². The average Bonchev–Trinajstić information content (AvgIpc) is 2.19. The molecule has 0 N–H and O–H groups in total. The summed E-state index contributed by atoms with van der Waals surface area (Å²) < 4.78 is 5.33. The van der Waals surface area contributed by atoms with Crippen LogP contribution in [-0.4, -0.2) is 5.97 Å². The summed E-state index contributed by atoms with van der Waals surface area (Å²) in [6, 6.07) is 9.81. The predicted molar refractivity (Wildman–Crippen MR) is 53.6 cm³/mol. The van der Waals surface area contributed by atoms with Crippen molar-refractivity contribution in [3.63, 3.8) is 0 Å². The second kappa shape index (κ2) is 3.29. The number of rotatable bonds is 1. The van der Waals surface area contributed by atoms with Crippen LogP contribution >= 0.6 is 0 Å². The van der Waals surface area contributed by atoms with Gasteiger partial charge in [0.05, 0.1) is 0 Å². The van der Waals surface area contributed by atoms with Gasteiger partial charge in [-0.2, -0.15) is 0 Å². The van der Waals surface area contributed by atoms with Crippen LogP contribution in [0.2, 0.25) is 0 Å². The molecule has 1 atom stereocenters. The normalized spacial score (nSPS) is 25.9. The lowest BCUT2D eigenvalue weighted by atomic mass is 9.91. The van der Waals surface area contributed by atoms with Gasteiger partial charge in [0, 0.05) is 12.5 Å². The molecule has 0 amide bonds. The van der Waals surface area contributed by atoms with Gasteiger partial charge in [0.1, 0.15) is 5.60 Å². The molecule has 2 rings (SSSR count). The highest BCUT2D eigenvalue weighted by Crippen LogP contribution is 2.31. The van der Waals surface area contributed by atoms with Gasteiger partial charge in [-0.1, -0.05) is 36.4 Å². The first-order chi connectivity index (χ1) is 6.71. The Kier molecular flexibility index (Phi) is 2.12. The summed E-state index contributed by atoms with van der Waals surface area (Å²) in [5, 5.41) is 0. The number of ether oxygens (including phenoxy) is 1. The molecule has 0 unspecified atom stereocenters. The van der Waals surface area contributed by atoms with Crippen LogP contribution in [0.3, 0.4) is 0 Å². The molecular weight excluding hydrogens is 176 g/mol. The Labute approximate surface area is 83.2 Å². The van der Waals surface area contributed by atoms with E-state index in [0.29, 0.717) is 0 Å². The maximum Gasteiger partial charge on any atom is 0.331 e. The summed E-state index contributed by atoms with van der Waals surface area (Å²) in [5.41, 5.74) is 0.547. The SMILES string of the molecule is C[C@@]1(c2ccccc2)CC=CC(=O)O1. The van der Waals surface area contributed by atoms with Crippen molar-refractivity contribution < 1.29 is 9.53 Å². The van der Waals surface area contributed by atoms with Gasteiger partial charge in [0.2, 0.25) is 0 Å². The Hall–Kier alpha value is -1.57. The van der Waals surface area contributed by atoms with Crippen LogP contribution in [0, 0.1) is 0 Å². The Morgan fingerprint density at radius 3 is 2.64 bits per heavy atom. The molecule has 1 heterocycles. The molecule has 72 valence electrons. The first kappa shape index (κ1) is 9.00. The lowest BCUT2D eigenvalue weighted by Gasteiger charge is -2.30. The lowest BCUT2D eigenvalue weighted by Crippen LogP contribution is -2.30. The molecule has 14 heavy (non-hydrogen) atoms. The van der Waals surface area contributed by atoms with Crippen LogP contribution in [0.25, 0.3) is 0 Å². The second-order valence-corrected chi connectivity index (χ2v) is 3.62. The summed E-state index contributed by atoms with van der Waals surface area (Å²) >= 11 is 0. The Morgan fingerprint density at radius 1 is 1.29 bits per heavy atom. The fourth-order valence-electron chi connectivity index (χ4n) is 1.65. The highest BCUT2D eigenvalue weighted by molar-refractivity contribution is 5.83. The van der Waals surface area contributed by atoms with E-state index >= 15 is 0 Å². The molecule has 0 saturated heterocycles. The largest absolute Gasteiger partial charge is 0.451 e. The highest BCUT2D eigenvalue weighted by Gasteiger charge is 2.31. The van der Waals surface area contributed by atoms with Crippen LogP contribution in [0.5, 0.6) is 0 Å². The Morgan fingerprint density at radius 2 is 2.00 bits per heavy atom. The van der Waals surface area contributed by atoms with Crippen molar-refractivity contribution in [2.45, 2.75) is 18.9 Å². The zero-order valence-electron chi connectivity index (χ0n) is 8.07. The molecule has 1 aliphatic rings. The maximum absolute atomic E-state index is 11.1. The van der Waals surface area contributed by atoms with Crippen LogP contribution in [-0.2, 0) is 15.1 Å². The Bertz CT molecular complexity index is 367. The molecule has 0 saturated carbocycles. The van der Waals surface area contributed by atoms with Crippen LogP contribution in [0.15, 0.2) is 42.5 Å². The fourth-order valence-corrected chi connectivity index (χ4v) is 1.65. The van der Waals surface area contributed by atoms with Gasteiger partial charge in [-0.15, -0.1) is 0 Å². The summed E-state index contributed by atoms with van der Waals surface area (Å²) in [4.78, 5) is 11.1. The number of hydrogen-bond acceptors (Lipinski definition) is 2. The van der Waals surface area contributed by atoms with E-state index in [1.54, 1.807) is 0 Å². The molecule has 2 heteroatoms. The minimum Gasteiger partial charge on any atom is -0.451 e. The molecule has 1 aromatic carbocycles. The number of benzene rings is 1. The maximum atomic E-state index is 11.1. The third-order valence-corrected chi connectivity index (χ3v) is 2.47. The highest BCUT2D eigenvalue weighted by atomic mass is 16.6. The number of carbonyl (C=O) groups is 1. The predicted octanol–water partition coefficient (Wildman–Crippen LogP) is 2.40. The van der Waals surface area contributed by atoms with Gasteiger partial charge in [-0.05, 0) is 12.5 Å². The van der Waals surface area contributed by atoms with Crippen LogP contribution < -0.4 is 0 Å². The average molecular weight is 188 g/mol.